The molecule has 0 bridgehead atoms. The van der Waals surface area contributed by atoms with Crippen LogP contribution >= 0.6 is 11.6 Å². The highest BCUT2D eigenvalue weighted by atomic mass is 35.5. The minimum absolute atomic E-state index is 0.0985. The van der Waals surface area contributed by atoms with Crippen LogP contribution in [-0.2, 0) is 0 Å². The van der Waals surface area contributed by atoms with Crippen LogP contribution in [0.3, 0.4) is 0 Å². The maximum Gasteiger partial charge on any atom is 0.194 e. The van der Waals surface area contributed by atoms with E-state index in [-0.39, 0.29) is 6.17 Å². The van der Waals surface area contributed by atoms with E-state index in [4.69, 9.17) is 11.6 Å². The first-order chi connectivity index (χ1) is 7.49. The summed E-state index contributed by atoms with van der Waals surface area (Å²) in [6, 6.07) is 0.333. The molecule has 5 nitrogen and oxygen atoms in total. The largest absolute Gasteiger partial charge is 0.380 e. The number of hydrogen-bond acceptors (Lipinski definition) is 5. The summed E-state index contributed by atoms with van der Waals surface area (Å²) in [5, 5.41) is 16.2. The van der Waals surface area contributed by atoms with Crippen LogP contribution in [0.15, 0.2) is 22.0 Å². The number of hydrogen-bond donors (Lipinski definition) is 1. The Balaban J connectivity index is 2.31. The van der Waals surface area contributed by atoms with Gasteiger partial charge in [0.25, 0.3) is 0 Å². The molecule has 6 heteroatoms. The molecule has 2 rings (SSSR count). The third kappa shape index (κ3) is 1.87. The molecule has 2 aliphatic heterocycles. The van der Waals surface area contributed by atoms with Gasteiger partial charge in [-0.1, -0.05) is 11.6 Å². The lowest BCUT2D eigenvalue weighted by Crippen LogP contribution is -2.41. The third-order valence-corrected chi connectivity index (χ3v) is 2.70. The van der Waals surface area contributed by atoms with Crippen LogP contribution in [0.2, 0.25) is 0 Å². The van der Waals surface area contributed by atoms with E-state index in [0.29, 0.717) is 11.2 Å². The van der Waals surface area contributed by atoms with E-state index < -0.39 is 0 Å². The van der Waals surface area contributed by atoms with Crippen LogP contribution in [-0.4, -0.2) is 40.3 Å². The topological polar surface area (TPSA) is 43.2 Å². The third-order valence-electron chi connectivity index (χ3n) is 2.52. The lowest BCUT2D eigenvalue weighted by atomic mass is 10.2. The summed E-state index contributed by atoms with van der Waals surface area (Å²) in [6.07, 6.45) is 1.91. The van der Waals surface area contributed by atoms with Crippen LogP contribution in [0.5, 0.6) is 0 Å². The maximum absolute atomic E-state index is 5.99. The van der Waals surface area contributed by atoms with Crippen molar-refractivity contribution in [2.45, 2.75) is 33.0 Å². The van der Waals surface area contributed by atoms with Gasteiger partial charge in [-0.15, -0.1) is 0 Å². The van der Waals surface area contributed by atoms with Gasteiger partial charge in [-0.2, -0.15) is 10.2 Å². The van der Waals surface area contributed by atoms with Crippen molar-refractivity contribution in [1.82, 2.24) is 15.3 Å². The van der Waals surface area contributed by atoms with Gasteiger partial charge in [0.1, 0.15) is 6.17 Å². The molecular weight excluding hydrogens is 226 g/mol. The lowest BCUT2D eigenvalue weighted by Gasteiger charge is -2.26. The standard InChI is InChI=1S/C10H16ClN5/c1-6(2)12-8-5-9(11)13-16-7(3)15(4)14-10(8)16/h5-7,12H,1-4H3. The molecule has 16 heavy (non-hydrogen) atoms. The Labute approximate surface area is 100 Å². The predicted octanol–water partition coefficient (Wildman–Crippen LogP) is 1.34. The Morgan fingerprint density at radius 2 is 2.12 bits per heavy atom. The summed E-state index contributed by atoms with van der Waals surface area (Å²) in [7, 11) is 1.92. The molecule has 0 aromatic heterocycles. The molecule has 1 unspecified atom stereocenters. The minimum atomic E-state index is 0.0985. The fourth-order valence-electron chi connectivity index (χ4n) is 1.65. The predicted molar refractivity (Wildman–Crippen MR) is 66.1 cm³/mol. The Morgan fingerprint density at radius 1 is 1.44 bits per heavy atom. The monoisotopic (exact) mass is 241 g/mol. The molecule has 2 heterocycles. The summed E-state index contributed by atoms with van der Waals surface area (Å²) < 4.78 is 0. The Morgan fingerprint density at radius 3 is 2.75 bits per heavy atom. The second kappa shape index (κ2) is 3.97. The number of nitrogens with zero attached hydrogens (tertiary/aromatic N) is 4. The first kappa shape index (κ1) is 11.3. The van der Waals surface area contributed by atoms with Crippen molar-refractivity contribution in [3.63, 3.8) is 0 Å². The molecule has 0 saturated carbocycles. The van der Waals surface area contributed by atoms with E-state index in [2.05, 4.69) is 29.4 Å². The number of fused-ring (bicyclic) bond motifs is 1. The van der Waals surface area contributed by atoms with Crippen LogP contribution < -0.4 is 5.32 Å². The maximum atomic E-state index is 5.99. The van der Waals surface area contributed by atoms with Crippen LogP contribution in [0.4, 0.5) is 0 Å². The second-order valence-corrected chi connectivity index (χ2v) is 4.64. The fourth-order valence-corrected chi connectivity index (χ4v) is 1.85. The van der Waals surface area contributed by atoms with E-state index >= 15 is 0 Å². The van der Waals surface area contributed by atoms with Crippen molar-refractivity contribution < 1.29 is 0 Å². The van der Waals surface area contributed by atoms with Gasteiger partial charge in [-0.25, -0.2) is 5.01 Å². The first-order valence-electron chi connectivity index (χ1n) is 5.32. The molecule has 0 radical (unpaired) electrons. The average molecular weight is 242 g/mol. The van der Waals surface area contributed by atoms with Crippen molar-refractivity contribution in [1.29, 1.82) is 0 Å². The second-order valence-electron chi connectivity index (χ2n) is 4.25. The number of amidine groups is 1. The van der Waals surface area contributed by atoms with E-state index in [1.165, 1.54) is 0 Å². The van der Waals surface area contributed by atoms with Crippen molar-refractivity contribution in [3.8, 4) is 0 Å². The molecule has 1 atom stereocenters. The number of nitrogens with one attached hydrogen (secondary N) is 1. The molecule has 0 aromatic rings. The highest BCUT2D eigenvalue weighted by Crippen LogP contribution is 2.22. The van der Waals surface area contributed by atoms with Crippen molar-refractivity contribution in [2.75, 3.05) is 7.05 Å². The molecule has 0 saturated heterocycles. The highest BCUT2D eigenvalue weighted by molar-refractivity contribution is 6.68. The van der Waals surface area contributed by atoms with Gasteiger partial charge < -0.3 is 5.32 Å². The van der Waals surface area contributed by atoms with Crippen molar-refractivity contribution in [3.05, 3.63) is 11.8 Å². The number of rotatable bonds is 2. The van der Waals surface area contributed by atoms with E-state index in [9.17, 15) is 0 Å². The zero-order chi connectivity index (χ0) is 11.9. The van der Waals surface area contributed by atoms with Gasteiger partial charge in [0.2, 0.25) is 0 Å². The van der Waals surface area contributed by atoms with Gasteiger partial charge in [0, 0.05) is 19.2 Å². The molecule has 0 amide bonds. The number of halogens is 1. The van der Waals surface area contributed by atoms with Crippen LogP contribution in [0, 0.1) is 0 Å². The molecule has 88 valence electrons. The van der Waals surface area contributed by atoms with Gasteiger partial charge in [0.15, 0.2) is 11.0 Å². The SMILES string of the molecule is CC(C)NC1=CC(Cl)=NN2C1=NN(C)C2C. The van der Waals surface area contributed by atoms with Crippen molar-refractivity contribution in [2.24, 2.45) is 10.2 Å². The Kier molecular flexibility index (Phi) is 2.80. The molecule has 0 fully saturated rings. The Hall–Kier alpha value is -1.23. The fraction of sp³-hybridized carbons (Fsp3) is 0.600. The summed E-state index contributed by atoms with van der Waals surface area (Å²) in [5.74, 6) is 0.827. The van der Waals surface area contributed by atoms with E-state index in [1.54, 1.807) is 0 Å². The molecule has 2 aliphatic rings. The number of allylic oxidation sites excluding steroid dienone is 1. The molecule has 0 spiro atoms. The summed E-state index contributed by atoms with van der Waals surface area (Å²) >= 11 is 5.99. The normalized spacial score (nSPS) is 24.1. The summed E-state index contributed by atoms with van der Waals surface area (Å²) in [4.78, 5) is 0. The van der Waals surface area contributed by atoms with Gasteiger partial charge in [0.05, 0.1) is 5.70 Å². The molecule has 1 N–H and O–H groups in total. The van der Waals surface area contributed by atoms with E-state index in [1.807, 2.05) is 30.1 Å². The van der Waals surface area contributed by atoms with Crippen LogP contribution in [0.1, 0.15) is 20.8 Å². The number of hydrazone groups is 2. The highest BCUT2D eigenvalue weighted by Gasteiger charge is 2.33. The summed E-state index contributed by atoms with van der Waals surface area (Å²) in [5.41, 5.74) is 0.922. The lowest BCUT2D eigenvalue weighted by molar-refractivity contribution is 0.182. The smallest absolute Gasteiger partial charge is 0.194 e. The zero-order valence-corrected chi connectivity index (χ0v) is 10.7. The quantitative estimate of drug-likeness (QED) is 0.794. The van der Waals surface area contributed by atoms with E-state index in [0.717, 1.165) is 11.5 Å². The first-order valence-corrected chi connectivity index (χ1v) is 5.70. The molecule has 0 aliphatic carbocycles. The minimum Gasteiger partial charge on any atom is -0.380 e. The van der Waals surface area contributed by atoms with Gasteiger partial charge >= 0.3 is 0 Å². The molecule has 0 aromatic carbocycles. The Bertz CT molecular complexity index is 385. The van der Waals surface area contributed by atoms with Gasteiger partial charge in [-0.3, -0.25) is 5.01 Å². The summed E-state index contributed by atoms with van der Waals surface area (Å²) in [6.45, 7) is 6.18. The van der Waals surface area contributed by atoms with Gasteiger partial charge in [-0.05, 0) is 20.8 Å². The molecular formula is C10H16ClN5. The van der Waals surface area contributed by atoms with Crippen molar-refractivity contribution >= 4 is 22.6 Å². The zero-order valence-electron chi connectivity index (χ0n) is 9.90. The average Bonchev–Trinajstić information content (AvgIpc) is 2.44. The van der Waals surface area contributed by atoms with Crippen LogP contribution in [0.25, 0.3) is 0 Å².